The third-order valence-electron chi connectivity index (χ3n) is 5.95. The number of aliphatic imine (C=N–C) groups is 1. The molecule has 35 heavy (non-hydrogen) atoms. The van der Waals surface area contributed by atoms with Crippen LogP contribution in [0.15, 0.2) is 47.1 Å². The van der Waals surface area contributed by atoms with Crippen LogP contribution >= 0.6 is 0 Å². The number of nitrogens with one attached hydrogen (secondary N) is 2. The second kappa shape index (κ2) is 14.4. The molecule has 1 aromatic carbocycles. The number of alkyl carbamates (subject to hydrolysis) is 1. The molecule has 0 aliphatic carbocycles. The molecule has 194 valence electrons. The van der Waals surface area contributed by atoms with E-state index in [1.54, 1.807) is 20.1 Å². The second-order valence-corrected chi connectivity index (χ2v) is 9.79. The van der Waals surface area contributed by atoms with Crippen LogP contribution in [-0.2, 0) is 20.7 Å². The van der Waals surface area contributed by atoms with E-state index < -0.39 is 29.2 Å². The molecular weight excluding hydrogens is 442 g/mol. The summed E-state index contributed by atoms with van der Waals surface area (Å²) in [4.78, 5) is 42.9. The van der Waals surface area contributed by atoms with Gasteiger partial charge in [-0.1, -0.05) is 43.3 Å². The zero-order chi connectivity index (χ0) is 26.5. The quantitative estimate of drug-likeness (QED) is 0.339. The third kappa shape index (κ3) is 11.3. The van der Waals surface area contributed by atoms with Crippen molar-refractivity contribution < 1.29 is 19.1 Å². The lowest BCUT2D eigenvalue weighted by Crippen LogP contribution is -2.58. The number of carbonyl (C=O) groups is 3. The maximum atomic E-state index is 13.1. The lowest BCUT2D eigenvalue weighted by molar-refractivity contribution is -0.131. The molecular formula is C28H43N3O4. The van der Waals surface area contributed by atoms with Gasteiger partial charge in [-0.15, -0.1) is 0 Å². The van der Waals surface area contributed by atoms with Crippen LogP contribution in [0.5, 0.6) is 0 Å². The SMILES string of the molecule is CC=N/C(=C\C)CCC(=O)[C@@H](CCCc1ccccc1)NC(=O)C(C)(C)NC(=O)OC(C)(C)CC. The predicted molar refractivity (Wildman–Crippen MR) is 142 cm³/mol. The molecule has 0 bridgehead atoms. The van der Waals surface area contributed by atoms with Gasteiger partial charge in [0.05, 0.1) is 6.04 Å². The number of allylic oxidation sites excluding steroid dienone is 2. The number of ether oxygens (including phenoxy) is 1. The summed E-state index contributed by atoms with van der Waals surface area (Å²) in [5, 5.41) is 5.52. The normalized spacial score (nSPS) is 13.4. The molecule has 1 rings (SSSR count). The molecule has 2 N–H and O–H groups in total. The molecule has 0 aliphatic heterocycles. The molecule has 0 heterocycles. The molecule has 1 atom stereocenters. The Balaban J connectivity index is 2.87. The summed E-state index contributed by atoms with van der Waals surface area (Å²) in [5.74, 6) is -0.484. The van der Waals surface area contributed by atoms with Crippen molar-refractivity contribution in [2.24, 2.45) is 4.99 Å². The van der Waals surface area contributed by atoms with Gasteiger partial charge >= 0.3 is 6.09 Å². The molecule has 2 amide bonds. The number of benzene rings is 1. The Morgan fingerprint density at radius 2 is 1.71 bits per heavy atom. The van der Waals surface area contributed by atoms with Crippen LogP contribution < -0.4 is 10.6 Å². The fourth-order valence-electron chi connectivity index (χ4n) is 3.34. The fraction of sp³-hybridized carbons (Fsp3) is 0.571. The average molecular weight is 486 g/mol. The van der Waals surface area contributed by atoms with E-state index in [4.69, 9.17) is 4.74 Å². The zero-order valence-corrected chi connectivity index (χ0v) is 22.4. The predicted octanol–water partition coefficient (Wildman–Crippen LogP) is 5.53. The number of nitrogens with zero attached hydrogens (tertiary/aromatic N) is 1. The summed E-state index contributed by atoms with van der Waals surface area (Å²) in [6.07, 6.45) is 6.38. The highest BCUT2D eigenvalue weighted by atomic mass is 16.6. The molecule has 1 aromatic rings. The van der Waals surface area contributed by atoms with Crippen molar-refractivity contribution in [3.63, 3.8) is 0 Å². The van der Waals surface area contributed by atoms with Crippen molar-refractivity contribution in [3.05, 3.63) is 47.7 Å². The molecule has 0 aliphatic rings. The summed E-state index contributed by atoms with van der Waals surface area (Å²) < 4.78 is 5.42. The molecule has 0 unspecified atom stereocenters. The Kier molecular flexibility index (Phi) is 12.4. The molecule has 7 nitrogen and oxygen atoms in total. The van der Waals surface area contributed by atoms with Crippen LogP contribution in [0.1, 0.15) is 86.1 Å². The Morgan fingerprint density at radius 3 is 2.29 bits per heavy atom. The molecule has 0 saturated carbocycles. The number of rotatable bonds is 14. The molecule has 0 radical (unpaired) electrons. The molecule has 0 spiro atoms. The topological polar surface area (TPSA) is 96.9 Å². The highest BCUT2D eigenvalue weighted by molar-refractivity contribution is 5.94. The largest absolute Gasteiger partial charge is 0.444 e. The minimum Gasteiger partial charge on any atom is -0.444 e. The zero-order valence-electron chi connectivity index (χ0n) is 22.4. The minimum atomic E-state index is -1.25. The lowest BCUT2D eigenvalue weighted by atomic mass is 9.97. The first-order valence-corrected chi connectivity index (χ1v) is 12.5. The summed E-state index contributed by atoms with van der Waals surface area (Å²) in [6, 6.07) is 9.38. The van der Waals surface area contributed by atoms with E-state index in [0.717, 1.165) is 18.5 Å². The fourth-order valence-corrected chi connectivity index (χ4v) is 3.34. The number of carbonyl (C=O) groups excluding carboxylic acids is 3. The van der Waals surface area contributed by atoms with Crippen molar-refractivity contribution in [1.82, 2.24) is 10.6 Å². The van der Waals surface area contributed by atoms with Crippen LogP contribution in [0.3, 0.4) is 0 Å². The number of hydrogen-bond donors (Lipinski definition) is 2. The van der Waals surface area contributed by atoms with E-state index in [0.29, 0.717) is 19.3 Å². The van der Waals surface area contributed by atoms with Crippen LogP contribution in [0.2, 0.25) is 0 Å². The Labute approximate surface area is 210 Å². The maximum Gasteiger partial charge on any atom is 0.408 e. The van der Waals surface area contributed by atoms with Gasteiger partial charge in [-0.3, -0.25) is 14.6 Å². The van der Waals surface area contributed by atoms with E-state index >= 15 is 0 Å². The molecule has 0 aromatic heterocycles. The van der Waals surface area contributed by atoms with Gasteiger partial charge in [-0.2, -0.15) is 0 Å². The number of aryl methyl sites for hydroxylation is 1. The van der Waals surface area contributed by atoms with E-state index in [1.165, 1.54) is 5.56 Å². The first kappa shape index (κ1) is 30.1. The van der Waals surface area contributed by atoms with Crippen molar-refractivity contribution in [3.8, 4) is 0 Å². The minimum absolute atomic E-state index is 0.0532. The monoisotopic (exact) mass is 485 g/mol. The van der Waals surface area contributed by atoms with E-state index in [-0.39, 0.29) is 12.2 Å². The van der Waals surface area contributed by atoms with Gasteiger partial charge in [0.2, 0.25) is 5.91 Å². The molecule has 0 fully saturated rings. The van der Waals surface area contributed by atoms with Gasteiger partial charge in [0.15, 0.2) is 5.78 Å². The number of Topliss-reactive ketones (excluding diaryl/α,β-unsaturated/α-hetero) is 1. The maximum absolute atomic E-state index is 13.1. The van der Waals surface area contributed by atoms with Crippen molar-refractivity contribution in [1.29, 1.82) is 0 Å². The van der Waals surface area contributed by atoms with Crippen molar-refractivity contribution in [2.45, 2.75) is 104 Å². The van der Waals surface area contributed by atoms with Gasteiger partial charge in [0, 0.05) is 18.3 Å². The van der Waals surface area contributed by atoms with Gasteiger partial charge in [0.25, 0.3) is 0 Å². The van der Waals surface area contributed by atoms with Gasteiger partial charge in [-0.25, -0.2) is 4.79 Å². The van der Waals surface area contributed by atoms with E-state index in [9.17, 15) is 14.4 Å². The molecule has 0 saturated heterocycles. The van der Waals surface area contributed by atoms with Crippen molar-refractivity contribution in [2.75, 3.05) is 0 Å². The van der Waals surface area contributed by atoms with Gasteiger partial charge in [0.1, 0.15) is 11.1 Å². The second-order valence-electron chi connectivity index (χ2n) is 9.79. The van der Waals surface area contributed by atoms with Crippen LogP contribution in [-0.4, -0.2) is 41.2 Å². The first-order valence-electron chi connectivity index (χ1n) is 12.5. The summed E-state index contributed by atoms with van der Waals surface area (Å²) in [6.45, 7) is 12.5. The van der Waals surface area contributed by atoms with E-state index in [2.05, 4.69) is 15.6 Å². The van der Waals surface area contributed by atoms with Crippen LogP contribution in [0.25, 0.3) is 0 Å². The molecule has 7 heteroatoms. The van der Waals surface area contributed by atoms with E-state index in [1.807, 2.05) is 71.0 Å². The number of hydrogen-bond acceptors (Lipinski definition) is 5. The first-order chi connectivity index (χ1) is 16.4. The summed E-state index contributed by atoms with van der Waals surface area (Å²) in [7, 11) is 0. The third-order valence-corrected chi connectivity index (χ3v) is 5.95. The lowest BCUT2D eigenvalue weighted by Gasteiger charge is -2.30. The number of ketones is 1. The Bertz CT molecular complexity index is 889. The summed E-state index contributed by atoms with van der Waals surface area (Å²) >= 11 is 0. The summed E-state index contributed by atoms with van der Waals surface area (Å²) in [5.41, 5.74) is 0.123. The van der Waals surface area contributed by atoms with Crippen LogP contribution in [0.4, 0.5) is 4.79 Å². The standard InChI is InChI=1S/C28H43N3O4/c1-8-22(29-10-3)19-20-24(32)23(18-14-17-21-15-12-11-13-16-21)30-25(33)28(6,7)31-26(34)35-27(4,5)9-2/h8,10-13,15-16,23H,9,14,17-20H2,1-7H3,(H,30,33)(H,31,34)/b22-8-,29-10?/t23-/m1/s1. The Hall–Kier alpha value is -2.96. The average Bonchev–Trinajstić information content (AvgIpc) is 2.80. The smallest absolute Gasteiger partial charge is 0.408 e. The van der Waals surface area contributed by atoms with Gasteiger partial charge < -0.3 is 15.4 Å². The van der Waals surface area contributed by atoms with Crippen molar-refractivity contribution >= 4 is 24.0 Å². The van der Waals surface area contributed by atoms with Crippen LogP contribution in [0, 0.1) is 0 Å². The highest BCUT2D eigenvalue weighted by Gasteiger charge is 2.34. The van der Waals surface area contributed by atoms with Gasteiger partial charge in [-0.05, 0) is 79.2 Å². The highest BCUT2D eigenvalue weighted by Crippen LogP contribution is 2.16. The Morgan fingerprint density at radius 1 is 1.06 bits per heavy atom. The number of amides is 2.